The Kier molecular flexibility index (Phi) is 8.33. The molecule has 96 valence electrons. The Balaban J connectivity index is 4.18. The van der Waals surface area contributed by atoms with Gasteiger partial charge in [-0.3, -0.25) is 0 Å². The van der Waals surface area contributed by atoms with E-state index in [0.29, 0.717) is 0 Å². The van der Waals surface area contributed by atoms with Gasteiger partial charge < -0.3 is 0 Å². The molecule has 0 heterocycles. The summed E-state index contributed by atoms with van der Waals surface area (Å²) in [6, 6.07) is 3.85. The lowest BCUT2D eigenvalue weighted by Crippen LogP contribution is -1.84. The summed E-state index contributed by atoms with van der Waals surface area (Å²) in [6.07, 6.45) is 8.30. The number of rotatable bonds is 6. The molecule has 0 aromatic rings. The summed E-state index contributed by atoms with van der Waals surface area (Å²) in [4.78, 5) is 0. The molecule has 2 heteroatoms. The smallest absolute Gasteiger partial charge is 0.128 e. The van der Waals surface area contributed by atoms with Crippen LogP contribution in [0.15, 0.2) is 34.4 Å². The summed E-state index contributed by atoms with van der Waals surface area (Å²) in [5, 5.41) is 17.4. The average molecular weight is 242 g/mol. The zero-order valence-electron chi connectivity index (χ0n) is 11.9. The van der Waals surface area contributed by atoms with Gasteiger partial charge in [0.25, 0.3) is 0 Å². The molecule has 0 N–H and O–H groups in total. The highest BCUT2D eigenvalue weighted by molar-refractivity contribution is 5.39. The second-order valence-electron chi connectivity index (χ2n) is 4.79. The molecule has 18 heavy (non-hydrogen) atoms. The molecule has 0 aliphatic carbocycles. The lowest BCUT2D eigenvalue weighted by molar-refractivity contribution is 0.916. The van der Waals surface area contributed by atoms with Crippen molar-refractivity contribution in [1.82, 2.24) is 0 Å². The molecule has 0 aliphatic rings. The van der Waals surface area contributed by atoms with Gasteiger partial charge in [-0.1, -0.05) is 23.3 Å². The number of nitrogens with zero attached hydrogens (tertiary/aromatic N) is 2. The van der Waals surface area contributed by atoms with Crippen molar-refractivity contribution in [3.8, 4) is 12.1 Å². The van der Waals surface area contributed by atoms with E-state index in [1.807, 2.05) is 19.1 Å². The third kappa shape index (κ3) is 7.47. The van der Waals surface area contributed by atoms with Crippen LogP contribution in [0.3, 0.4) is 0 Å². The summed E-state index contributed by atoms with van der Waals surface area (Å²) in [6.45, 7) is 8.21. The van der Waals surface area contributed by atoms with Crippen molar-refractivity contribution < 1.29 is 0 Å². The fraction of sp³-hybridized carbons (Fsp3) is 0.500. The number of allylic oxidation sites excluding steroid dienone is 6. The third-order valence-electron chi connectivity index (χ3n) is 2.75. The SMILES string of the molecule is CC(C)=CCCC(C)=CCCC(C)=C(C#N)C#N. The van der Waals surface area contributed by atoms with Crippen molar-refractivity contribution in [3.05, 3.63) is 34.4 Å². The zero-order chi connectivity index (χ0) is 14.0. The second-order valence-corrected chi connectivity index (χ2v) is 4.79. The van der Waals surface area contributed by atoms with E-state index in [-0.39, 0.29) is 5.57 Å². The predicted octanol–water partition coefficient (Wildman–Crippen LogP) is 4.82. The number of hydrogen-bond donors (Lipinski definition) is 0. The molecule has 0 fully saturated rings. The minimum absolute atomic E-state index is 0.255. The molecule has 0 rings (SSSR count). The van der Waals surface area contributed by atoms with Crippen LogP contribution >= 0.6 is 0 Å². The topological polar surface area (TPSA) is 47.6 Å². The maximum atomic E-state index is 8.72. The highest BCUT2D eigenvalue weighted by Crippen LogP contribution is 2.13. The minimum atomic E-state index is 0.255. The molecule has 0 aromatic carbocycles. The Hall–Kier alpha value is -1.80. The lowest BCUT2D eigenvalue weighted by Gasteiger charge is -2.01. The van der Waals surface area contributed by atoms with Gasteiger partial charge in [-0.15, -0.1) is 0 Å². The van der Waals surface area contributed by atoms with E-state index in [4.69, 9.17) is 10.5 Å². The van der Waals surface area contributed by atoms with Crippen LogP contribution in [0.25, 0.3) is 0 Å². The summed E-state index contributed by atoms with van der Waals surface area (Å²) < 4.78 is 0. The van der Waals surface area contributed by atoms with Crippen molar-refractivity contribution in [2.24, 2.45) is 0 Å². The third-order valence-corrected chi connectivity index (χ3v) is 2.75. The number of nitriles is 2. The van der Waals surface area contributed by atoms with E-state index in [0.717, 1.165) is 31.3 Å². The maximum absolute atomic E-state index is 8.72. The van der Waals surface area contributed by atoms with E-state index in [9.17, 15) is 0 Å². The number of hydrogen-bond acceptors (Lipinski definition) is 2. The van der Waals surface area contributed by atoms with Gasteiger partial charge >= 0.3 is 0 Å². The van der Waals surface area contributed by atoms with Crippen molar-refractivity contribution in [2.75, 3.05) is 0 Å². The first-order chi connectivity index (χ1) is 8.51. The molecule has 0 amide bonds. The highest BCUT2D eigenvalue weighted by atomic mass is 14.3. The molecule has 0 radical (unpaired) electrons. The predicted molar refractivity (Wildman–Crippen MR) is 75.6 cm³/mol. The van der Waals surface area contributed by atoms with Gasteiger partial charge in [0.1, 0.15) is 17.7 Å². The van der Waals surface area contributed by atoms with E-state index < -0.39 is 0 Å². The molecule has 0 unspecified atom stereocenters. The summed E-state index contributed by atoms with van der Waals surface area (Å²) in [7, 11) is 0. The van der Waals surface area contributed by atoms with Crippen LogP contribution in [0.5, 0.6) is 0 Å². The normalized spacial score (nSPS) is 10.2. The molecular weight excluding hydrogens is 220 g/mol. The van der Waals surface area contributed by atoms with E-state index in [1.165, 1.54) is 11.1 Å². The van der Waals surface area contributed by atoms with E-state index in [2.05, 4.69) is 32.9 Å². The van der Waals surface area contributed by atoms with Crippen LogP contribution in [-0.2, 0) is 0 Å². The van der Waals surface area contributed by atoms with Gasteiger partial charge in [0.15, 0.2) is 0 Å². The van der Waals surface area contributed by atoms with Crippen LogP contribution in [-0.4, -0.2) is 0 Å². The van der Waals surface area contributed by atoms with Gasteiger partial charge in [-0.25, -0.2) is 0 Å². The molecule has 0 saturated heterocycles. The fourth-order valence-electron chi connectivity index (χ4n) is 1.57. The fourth-order valence-corrected chi connectivity index (χ4v) is 1.57. The summed E-state index contributed by atoms with van der Waals surface area (Å²) in [5.74, 6) is 0. The van der Waals surface area contributed by atoms with Crippen LogP contribution in [0.2, 0.25) is 0 Å². The molecule has 0 saturated carbocycles. The van der Waals surface area contributed by atoms with Crippen molar-refractivity contribution in [3.63, 3.8) is 0 Å². The monoisotopic (exact) mass is 242 g/mol. The molecule has 0 spiro atoms. The second kappa shape index (κ2) is 9.25. The first kappa shape index (κ1) is 16.2. The quantitative estimate of drug-likeness (QED) is 0.495. The largest absolute Gasteiger partial charge is 0.192 e. The average Bonchev–Trinajstić information content (AvgIpc) is 2.30. The Morgan fingerprint density at radius 2 is 1.44 bits per heavy atom. The Labute approximate surface area is 111 Å². The van der Waals surface area contributed by atoms with Gasteiger partial charge in [-0.05, 0) is 59.0 Å². The molecule has 0 aliphatic heterocycles. The van der Waals surface area contributed by atoms with Crippen LogP contribution in [0, 0.1) is 22.7 Å². The van der Waals surface area contributed by atoms with E-state index >= 15 is 0 Å². The summed E-state index contributed by atoms with van der Waals surface area (Å²) in [5.41, 5.74) is 3.86. The van der Waals surface area contributed by atoms with Crippen LogP contribution in [0.4, 0.5) is 0 Å². The molecule has 0 aromatic heterocycles. The van der Waals surface area contributed by atoms with Crippen LogP contribution < -0.4 is 0 Å². The van der Waals surface area contributed by atoms with Crippen molar-refractivity contribution in [1.29, 1.82) is 10.5 Å². The van der Waals surface area contributed by atoms with Crippen LogP contribution in [0.1, 0.15) is 53.4 Å². The Bertz CT molecular complexity index is 417. The van der Waals surface area contributed by atoms with Gasteiger partial charge in [0, 0.05) is 0 Å². The van der Waals surface area contributed by atoms with Crippen molar-refractivity contribution >= 4 is 0 Å². The maximum Gasteiger partial charge on any atom is 0.128 e. The molecular formula is C16H22N2. The van der Waals surface area contributed by atoms with Gasteiger partial charge in [0.05, 0.1) is 0 Å². The molecule has 0 atom stereocenters. The minimum Gasteiger partial charge on any atom is -0.192 e. The Morgan fingerprint density at radius 3 is 1.94 bits per heavy atom. The van der Waals surface area contributed by atoms with Gasteiger partial charge in [-0.2, -0.15) is 10.5 Å². The van der Waals surface area contributed by atoms with E-state index in [1.54, 1.807) is 0 Å². The first-order valence-corrected chi connectivity index (χ1v) is 6.30. The lowest BCUT2D eigenvalue weighted by atomic mass is 10.0. The standard InChI is InChI=1S/C16H22N2/c1-13(2)7-5-8-14(3)9-6-10-15(4)16(11-17)12-18/h7,9H,5-6,8,10H2,1-4H3. The molecule has 0 bridgehead atoms. The molecule has 2 nitrogen and oxygen atoms in total. The van der Waals surface area contributed by atoms with Gasteiger partial charge in [0.2, 0.25) is 0 Å². The Morgan fingerprint density at radius 1 is 0.889 bits per heavy atom. The van der Waals surface area contributed by atoms with Crippen molar-refractivity contribution in [2.45, 2.75) is 53.4 Å². The first-order valence-electron chi connectivity index (χ1n) is 6.30. The summed E-state index contributed by atoms with van der Waals surface area (Å²) >= 11 is 0. The zero-order valence-corrected chi connectivity index (χ0v) is 11.9. The highest BCUT2D eigenvalue weighted by Gasteiger charge is 1.99.